The Labute approximate surface area is 144 Å². The Balaban J connectivity index is 1.69. The molecule has 0 radical (unpaired) electrons. The molecule has 4 nitrogen and oxygen atoms in total. The van der Waals surface area contributed by atoms with Crippen molar-refractivity contribution in [2.24, 2.45) is 0 Å². The van der Waals surface area contributed by atoms with E-state index in [4.69, 9.17) is 14.3 Å². The lowest BCUT2D eigenvalue weighted by molar-refractivity contribution is -0.0546. The van der Waals surface area contributed by atoms with E-state index in [0.29, 0.717) is 12.5 Å². The van der Waals surface area contributed by atoms with Crippen molar-refractivity contribution in [3.05, 3.63) is 41.8 Å². The van der Waals surface area contributed by atoms with E-state index in [-0.39, 0.29) is 6.61 Å². The number of aryl methyl sites for hydroxylation is 2. The lowest BCUT2D eigenvalue weighted by atomic mass is 10.1. The quantitative estimate of drug-likeness (QED) is 0.649. The second kappa shape index (κ2) is 9.00. The summed E-state index contributed by atoms with van der Waals surface area (Å²) in [6.45, 7) is 6.56. The van der Waals surface area contributed by atoms with Crippen molar-refractivity contribution in [2.45, 2.75) is 58.5 Å². The Hall–Kier alpha value is -1.65. The topological polar surface area (TPSA) is 55.5 Å². The van der Waals surface area contributed by atoms with E-state index >= 15 is 0 Å². The van der Waals surface area contributed by atoms with E-state index < -0.39 is 5.60 Å². The molecular weight excluding hydrogens is 302 g/mol. The maximum Gasteiger partial charge on any atom is 0.226 e. The number of hydrogen-bond acceptors (Lipinski definition) is 4. The minimum absolute atomic E-state index is 0.0577. The minimum Gasteiger partial charge on any atom is -0.441 e. The molecule has 0 aliphatic heterocycles. The third-order valence-electron chi connectivity index (χ3n) is 4.09. The minimum atomic E-state index is -0.425. The van der Waals surface area contributed by atoms with Crippen molar-refractivity contribution in [1.29, 1.82) is 0 Å². The Morgan fingerprint density at radius 2 is 1.79 bits per heavy atom. The summed E-state index contributed by atoms with van der Waals surface area (Å²) in [5, 5.41) is 9.13. The van der Waals surface area contributed by atoms with Crippen LogP contribution < -0.4 is 0 Å². The molecule has 0 bridgehead atoms. The van der Waals surface area contributed by atoms with Gasteiger partial charge in [-0.05, 0) is 52.2 Å². The first-order valence-electron chi connectivity index (χ1n) is 8.78. The molecule has 0 atom stereocenters. The van der Waals surface area contributed by atoms with E-state index in [9.17, 15) is 0 Å². The number of aliphatic hydroxyl groups is 1. The fourth-order valence-corrected chi connectivity index (χ4v) is 2.51. The predicted molar refractivity (Wildman–Crippen MR) is 96.0 cm³/mol. The molecule has 1 heterocycles. The van der Waals surface area contributed by atoms with E-state index in [2.05, 4.69) is 4.98 Å². The number of aromatic nitrogens is 1. The molecule has 0 aliphatic carbocycles. The Morgan fingerprint density at radius 1 is 1.08 bits per heavy atom. The third kappa shape index (κ3) is 5.77. The zero-order valence-electron chi connectivity index (χ0n) is 15.0. The highest BCUT2D eigenvalue weighted by Gasteiger charge is 2.15. The van der Waals surface area contributed by atoms with Crippen LogP contribution >= 0.6 is 0 Å². The summed E-state index contributed by atoms with van der Waals surface area (Å²) in [5.41, 5.74) is 1.66. The van der Waals surface area contributed by atoms with Gasteiger partial charge in [0.1, 0.15) is 5.76 Å². The van der Waals surface area contributed by atoms with Crippen molar-refractivity contribution in [3.63, 3.8) is 0 Å². The highest BCUT2D eigenvalue weighted by Crippen LogP contribution is 2.22. The molecule has 0 saturated carbocycles. The summed E-state index contributed by atoms with van der Waals surface area (Å²) in [6, 6.07) is 10.0. The third-order valence-corrected chi connectivity index (χ3v) is 4.09. The highest BCUT2D eigenvalue weighted by molar-refractivity contribution is 5.53. The molecule has 1 aromatic heterocycles. The predicted octanol–water partition coefficient (Wildman–Crippen LogP) is 4.54. The van der Waals surface area contributed by atoms with Gasteiger partial charge in [-0.2, -0.15) is 0 Å². The van der Waals surface area contributed by atoms with Gasteiger partial charge >= 0.3 is 0 Å². The zero-order chi connectivity index (χ0) is 17.4. The van der Waals surface area contributed by atoms with Crippen LogP contribution in [-0.4, -0.2) is 28.9 Å². The number of nitrogens with zero attached hydrogens (tertiary/aromatic N) is 1. The first-order valence-corrected chi connectivity index (χ1v) is 8.78. The van der Waals surface area contributed by atoms with Gasteiger partial charge in [0, 0.05) is 12.2 Å². The first-order chi connectivity index (χ1) is 11.5. The maximum atomic E-state index is 9.13. The molecule has 0 aliphatic rings. The van der Waals surface area contributed by atoms with Gasteiger partial charge < -0.3 is 14.3 Å². The lowest BCUT2D eigenvalue weighted by Gasteiger charge is -2.22. The SMILES string of the molecule is Cc1oc(-c2ccccc2)nc1CCCCCCOC(C)(C)CO. The highest BCUT2D eigenvalue weighted by atomic mass is 16.5. The lowest BCUT2D eigenvalue weighted by Crippen LogP contribution is -2.29. The average Bonchev–Trinajstić information content (AvgIpc) is 2.96. The molecule has 0 saturated heterocycles. The molecule has 0 fully saturated rings. The Bertz CT molecular complexity index is 605. The summed E-state index contributed by atoms with van der Waals surface area (Å²) >= 11 is 0. The van der Waals surface area contributed by atoms with Crippen molar-refractivity contribution in [1.82, 2.24) is 4.98 Å². The maximum absolute atomic E-state index is 9.13. The van der Waals surface area contributed by atoms with Crippen LogP contribution in [0.1, 0.15) is 51.0 Å². The summed E-state index contributed by atoms with van der Waals surface area (Å²) in [6.07, 6.45) is 5.35. The average molecular weight is 331 g/mol. The van der Waals surface area contributed by atoms with Gasteiger partial charge in [-0.3, -0.25) is 0 Å². The molecule has 0 amide bonds. The molecule has 2 rings (SSSR count). The molecule has 24 heavy (non-hydrogen) atoms. The normalized spacial score (nSPS) is 11.8. The monoisotopic (exact) mass is 331 g/mol. The van der Waals surface area contributed by atoms with Crippen LogP contribution in [0.4, 0.5) is 0 Å². The summed E-state index contributed by atoms with van der Waals surface area (Å²) in [4.78, 5) is 4.64. The van der Waals surface area contributed by atoms with Crippen LogP contribution in [0.5, 0.6) is 0 Å². The van der Waals surface area contributed by atoms with Gasteiger partial charge in [-0.25, -0.2) is 4.98 Å². The van der Waals surface area contributed by atoms with Crippen molar-refractivity contribution >= 4 is 0 Å². The molecule has 1 N–H and O–H groups in total. The number of ether oxygens (including phenoxy) is 1. The van der Waals surface area contributed by atoms with Crippen LogP contribution in [0, 0.1) is 6.92 Å². The van der Waals surface area contributed by atoms with Gasteiger partial charge in [0.2, 0.25) is 5.89 Å². The fraction of sp³-hybridized carbons (Fsp3) is 0.550. The second-order valence-corrected chi connectivity index (χ2v) is 6.82. The van der Waals surface area contributed by atoms with Crippen LogP contribution in [0.25, 0.3) is 11.5 Å². The molecular formula is C20H29NO3. The fourth-order valence-electron chi connectivity index (χ4n) is 2.51. The van der Waals surface area contributed by atoms with Crippen LogP contribution in [0.3, 0.4) is 0 Å². The van der Waals surface area contributed by atoms with Crippen molar-refractivity contribution in [2.75, 3.05) is 13.2 Å². The Morgan fingerprint density at radius 3 is 2.50 bits per heavy atom. The number of oxazole rings is 1. The van der Waals surface area contributed by atoms with Gasteiger partial charge in [0.25, 0.3) is 0 Å². The number of rotatable bonds is 10. The van der Waals surface area contributed by atoms with E-state index in [1.54, 1.807) is 0 Å². The van der Waals surface area contributed by atoms with Gasteiger partial charge in [-0.15, -0.1) is 0 Å². The van der Waals surface area contributed by atoms with E-state index in [1.165, 1.54) is 0 Å². The van der Waals surface area contributed by atoms with Crippen molar-refractivity contribution < 1.29 is 14.3 Å². The van der Waals surface area contributed by atoms with Crippen molar-refractivity contribution in [3.8, 4) is 11.5 Å². The number of aliphatic hydroxyl groups excluding tert-OH is 1. The summed E-state index contributed by atoms with van der Waals surface area (Å²) < 4.78 is 11.4. The van der Waals surface area contributed by atoms with E-state index in [1.807, 2.05) is 51.1 Å². The molecule has 132 valence electrons. The standard InChI is InChI=1S/C20H29NO3/c1-16-18(21-19(24-16)17-11-7-6-8-12-17)13-9-4-5-10-14-23-20(2,3)15-22/h6-8,11-12,22H,4-5,9-10,13-15H2,1-3H3. The molecule has 2 aromatic rings. The van der Waals surface area contributed by atoms with Crippen LogP contribution in [0.2, 0.25) is 0 Å². The second-order valence-electron chi connectivity index (χ2n) is 6.82. The smallest absolute Gasteiger partial charge is 0.226 e. The molecule has 1 aromatic carbocycles. The molecule has 0 unspecified atom stereocenters. The van der Waals surface area contributed by atoms with Gasteiger partial charge in [-0.1, -0.05) is 31.0 Å². The summed E-state index contributed by atoms with van der Waals surface area (Å²) in [5.74, 6) is 1.63. The molecule has 0 spiro atoms. The largest absolute Gasteiger partial charge is 0.441 e. The van der Waals surface area contributed by atoms with Crippen LogP contribution in [0.15, 0.2) is 34.7 Å². The Kier molecular flexibility index (Phi) is 7.00. The number of unbranched alkanes of at least 4 members (excludes halogenated alkanes) is 3. The van der Waals surface area contributed by atoms with Gasteiger partial charge in [0.05, 0.1) is 17.9 Å². The van der Waals surface area contributed by atoms with Gasteiger partial charge in [0.15, 0.2) is 0 Å². The van der Waals surface area contributed by atoms with Crippen LogP contribution in [-0.2, 0) is 11.2 Å². The number of benzene rings is 1. The van der Waals surface area contributed by atoms with E-state index in [0.717, 1.165) is 49.1 Å². The summed E-state index contributed by atoms with van der Waals surface area (Å²) in [7, 11) is 0. The number of hydrogen-bond donors (Lipinski definition) is 1. The first kappa shape index (κ1) is 18.7. The zero-order valence-corrected chi connectivity index (χ0v) is 15.0. The molecule has 4 heteroatoms.